The van der Waals surface area contributed by atoms with Gasteiger partial charge < -0.3 is 10.6 Å². The van der Waals surface area contributed by atoms with E-state index >= 15 is 0 Å². The summed E-state index contributed by atoms with van der Waals surface area (Å²) in [5, 5.41) is 6.74. The Morgan fingerprint density at radius 1 is 1.26 bits per heavy atom. The van der Waals surface area contributed by atoms with Crippen molar-refractivity contribution in [3.8, 4) is 0 Å². The normalized spacial score (nSPS) is 10.7. The number of fused-ring (bicyclic) bond motifs is 1. The maximum atomic E-state index is 11.7. The van der Waals surface area contributed by atoms with E-state index in [4.69, 9.17) is 12.2 Å². The highest BCUT2D eigenvalue weighted by Gasteiger charge is 2.08. The number of hydrogen-bond acceptors (Lipinski definition) is 4. The Balaban J connectivity index is 1.97. The zero-order valence-electron chi connectivity index (χ0n) is 13.6. The number of benzene rings is 1. The predicted molar refractivity (Wildman–Crippen MR) is 102 cm³/mol. The molecule has 124 valence electrons. The first kappa shape index (κ1) is 17.8. The number of thiazole rings is 1. The summed E-state index contributed by atoms with van der Waals surface area (Å²) >= 11 is 6.73. The summed E-state index contributed by atoms with van der Waals surface area (Å²) in [7, 11) is 0. The third-order valence-electron chi connectivity index (χ3n) is 3.50. The molecule has 0 radical (unpaired) electrons. The summed E-state index contributed by atoms with van der Waals surface area (Å²) in [6.45, 7) is 4.25. The lowest BCUT2D eigenvalue weighted by molar-refractivity contribution is -0.119. The van der Waals surface area contributed by atoms with Gasteiger partial charge in [0.25, 0.3) is 0 Å². The number of carbonyl (C=O) groups is 1. The number of hydrogen-bond donors (Lipinski definition) is 2. The maximum absolute atomic E-state index is 11.7. The van der Waals surface area contributed by atoms with Gasteiger partial charge in [-0.15, -0.1) is 0 Å². The molecule has 0 bridgehead atoms. The molecule has 2 aromatic rings. The van der Waals surface area contributed by atoms with Crippen molar-refractivity contribution < 1.29 is 4.79 Å². The summed E-state index contributed by atoms with van der Waals surface area (Å²) < 4.78 is 1.14. The van der Waals surface area contributed by atoms with Crippen molar-refractivity contribution in [3.63, 3.8) is 0 Å². The number of nitrogens with zero attached hydrogens (tertiary/aromatic N) is 1. The van der Waals surface area contributed by atoms with Crippen LogP contribution >= 0.6 is 23.6 Å². The Morgan fingerprint density at radius 2 is 2.04 bits per heavy atom. The number of unbranched alkanes of at least 4 members (excludes halogenated alkanes) is 2. The molecule has 2 N–H and O–H groups in total. The third-order valence-corrected chi connectivity index (χ3v) is 4.64. The Hall–Kier alpha value is -1.53. The smallest absolute Gasteiger partial charge is 0.226 e. The number of aryl methyl sites for hydroxylation is 1. The van der Waals surface area contributed by atoms with Crippen LogP contribution < -0.4 is 10.6 Å². The molecule has 1 heterocycles. The highest BCUT2D eigenvalue weighted by atomic mass is 32.1. The first-order valence-corrected chi connectivity index (χ1v) is 9.35. The molecule has 0 aliphatic heterocycles. The monoisotopic (exact) mass is 349 g/mol. The van der Waals surface area contributed by atoms with E-state index in [1.165, 1.54) is 18.4 Å². The minimum atomic E-state index is -0.0488. The molecule has 0 aliphatic carbocycles. The summed E-state index contributed by atoms with van der Waals surface area (Å²) in [5.41, 5.74) is 2.29. The van der Waals surface area contributed by atoms with E-state index in [-0.39, 0.29) is 5.91 Å². The lowest BCUT2D eigenvalue weighted by atomic mass is 10.1. The number of aromatic nitrogens is 1. The lowest BCUT2D eigenvalue weighted by Gasteiger charge is -2.06. The van der Waals surface area contributed by atoms with Crippen LogP contribution in [0.4, 0.5) is 5.13 Å². The van der Waals surface area contributed by atoms with Gasteiger partial charge in [0.2, 0.25) is 5.91 Å². The highest BCUT2D eigenvalue weighted by molar-refractivity contribution is 7.80. The van der Waals surface area contributed by atoms with Crippen LogP contribution in [0.15, 0.2) is 18.2 Å². The topological polar surface area (TPSA) is 54.0 Å². The van der Waals surface area contributed by atoms with Crippen molar-refractivity contribution in [2.75, 3.05) is 5.32 Å². The maximum Gasteiger partial charge on any atom is 0.226 e. The molecule has 6 heteroatoms. The molecule has 23 heavy (non-hydrogen) atoms. The number of thiocarbonyl (C=S) groups is 1. The first-order valence-electron chi connectivity index (χ1n) is 8.12. The summed E-state index contributed by atoms with van der Waals surface area (Å²) in [4.78, 5) is 16.2. The van der Waals surface area contributed by atoms with Gasteiger partial charge in [0.1, 0.15) is 0 Å². The zero-order chi connectivity index (χ0) is 16.7. The molecule has 4 nitrogen and oxygen atoms in total. The summed E-state index contributed by atoms with van der Waals surface area (Å²) in [6, 6.07) is 6.37. The molecule has 0 atom stereocenters. The van der Waals surface area contributed by atoms with Gasteiger partial charge in [0.05, 0.1) is 10.2 Å². The van der Waals surface area contributed by atoms with E-state index < -0.39 is 0 Å². The van der Waals surface area contributed by atoms with Crippen LogP contribution in [0.5, 0.6) is 0 Å². The molecule has 0 fully saturated rings. The predicted octanol–water partition coefficient (Wildman–Crippen LogP) is 4.64. The minimum absolute atomic E-state index is 0.0488. The van der Waals surface area contributed by atoms with E-state index in [0.29, 0.717) is 16.7 Å². The minimum Gasteiger partial charge on any atom is -0.308 e. The number of nitrogens with one attached hydrogen (secondary N) is 2. The van der Waals surface area contributed by atoms with Crippen LogP contribution in [0.25, 0.3) is 10.2 Å². The summed E-state index contributed by atoms with van der Waals surface area (Å²) in [6.07, 6.45) is 5.85. The quantitative estimate of drug-likeness (QED) is 0.715. The Labute approximate surface area is 146 Å². The molecular weight excluding hydrogens is 326 g/mol. The molecule has 0 unspecified atom stereocenters. The van der Waals surface area contributed by atoms with E-state index in [1.807, 2.05) is 6.07 Å². The van der Waals surface area contributed by atoms with Crippen LogP contribution in [0.1, 0.15) is 51.5 Å². The largest absolute Gasteiger partial charge is 0.308 e. The van der Waals surface area contributed by atoms with E-state index in [9.17, 15) is 4.79 Å². The number of carbonyl (C=O) groups excluding carboxylic acids is 1. The van der Waals surface area contributed by atoms with Gasteiger partial charge in [-0.3, -0.25) is 4.79 Å². The SMILES string of the molecule is CCCCC(=O)NC(=S)Nc1nc2ccc(CCCC)cc2s1. The molecule has 0 aliphatic rings. The lowest BCUT2D eigenvalue weighted by Crippen LogP contribution is -2.33. The van der Waals surface area contributed by atoms with Crippen LogP contribution in [-0.2, 0) is 11.2 Å². The fourth-order valence-corrected chi connectivity index (χ4v) is 3.42. The zero-order valence-corrected chi connectivity index (χ0v) is 15.3. The van der Waals surface area contributed by atoms with Gasteiger partial charge in [-0.25, -0.2) is 4.98 Å². The van der Waals surface area contributed by atoms with Gasteiger partial charge in [-0.1, -0.05) is 44.1 Å². The average molecular weight is 350 g/mol. The fraction of sp³-hybridized carbons (Fsp3) is 0.471. The Kier molecular flexibility index (Phi) is 6.92. The highest BCUT2D eigenvalue weighted by Crippen LogP contribution is 2.27. The van der Waals surface area contributed by atoms with Gasteiger partial charge in [0.15, 0.2) is 10.2 Å². The summed E-state index contributed by atoms with van der Waals surface area (Å²) in [5.74, 6) is -0.0488. The van der Waals surface area contributed by atoms with Crippen molar-refractivity contribution in [2.24, 2.45) is 0 Å². The van der Waals surface area contributed by atoms with E-state index in [0.717, 1.165) is 29.5 Å². The van der Waals surface area contributed by atoms with Gasteiger partial charge in [-0.2, -0.15) is 0 Å². The van der Waals surface area contributed by atoms with Crippen molar-refractivity contribution in [2.45, 2.75) is 52.4 Å². The van der Waals surface area contributed by atoms with Crippen LogP contribution in [-0.4, -0.2) is 16.0 Å². The molecule has 0 spiro atoms. The standard InChI is InChI=1S/C17H23N3OS2/c1-3-5-7-12-9-10-13-14(11-12)23-17(18-13)20-16(22)19-15(21)8-6-4-2/h9-11H,3-8H2,1-2H3,(H2,18,19,20,21,22). The van der Waals surface area contributed by atoms with Crippen molar-refractivity contribution in [1.29, 1.82) is 0 Å². The first-order chi connectivity index (χ1) is 11.1. The third kappa shape index (κ3) is 5.55. The van der Waals surface area contributed by atoms with E-state index in [2.05, 4.69) is 41.6 Å². The molecular formula is C17H23N3OS2. The second-order valence-electron chi connectivity index (χ2n) is 5.53. The second kappa shape index (κ2) is 8.93. The molecule has 1 amide bonds. The fourth-order valence-electron chi connectivity index (χ4n) is 2.21. The van der Waals surface area contributed by atoms with Crippen LogP contribution in [0.2, 0.25) is 0 Å². The van der Waals surface area contributed by atoms with Crippen molar-refractivity contribution in [3.05, 3.63) is 23.8 Å². The van der Waals surface area contributed by atoms with Crippen molar-refractivity contribution in [1.82, 2.24) is 10.3 Å². The van der Waals surface area contributed by atoms with Crippen LogP contribution in [0, 0.1) is 0 Å². The Morgan fingerprint density at radius 3 is 2.78 bits per heavy atom. The number of anilines is 1. The Bertz CT molecular complexity index is 682. The molecule has 0 saturated carbocycles. The average Bonchev–Trinajstić information content (AvgIpc) is 2.91. The van der Waals surface area contributed by atoms with Crippen molar-refractivity contribution >= 4 is 49.9 Å². The molecule has 1 aromatic carbocycles. The van der Waals surface area contributed by atoms with Gasteiger partial charge in [0, 0.05) is 6.42 Å². The van der Waals surface area contributed by atoms with Crippen LogP contribution in [0.3, 0.4) is 0 Å². The van der Waals surface area contributed by atoms with E-state index in [1.54, 1.807) is 11.3 Å². The molecule has 0 saturated heterocycles. The second-order valence-corrected chi connectivity index (χ2v) is 6.97. The van der Waals surface area contributed by atoms with Gasteiger partial charge >= 0.3 is 0 Å². The van der Waals surface area contributed by atoms with Gasteiger partial charge in [-0.05, 0) is 49.2 Å². The molecule has 2 rings (SSSR count). The number of rotatable bonds is 7. The molecule has 1 aromatic heterocycles. The number of amides is 1.